The Hall–Kier alpha value is -1.62. The highest BCUT2D eigenvalue weighted by Gasteiger charge is 2.28. The van der Waals surface area contributed by atoms with Crippen molar-refractivity contribution in [2.75, 3.05) is 0 Å². The summed E-state index contributed by atoms with van der Waals surface area (Å²) in [5, 5.41) is 1.03. The van der Waals surface area contributed by atoms with Crippen molar-refractivity contribution in [2.45, 2.75) is 6.92 Å². The van der Waals surface area contributed by atoms with E-state index >= 15 is 0 Å². The maximum absolute atomic E-state index is 11.9. The number of carbonyl (C=O) groups excluding carboxylic acids is 1. The molecular weight excluding hydrogens is 329 g/mol. The van der Waals surface area contributed by atoms with Crippen LogP contribution in [0.4, 0.5) is 0 Å². The molecule has 106 valence electrons. The zero-order valence-corrected chi connectivity index (χ0v) is 13.2. The van der Waals surface area contributed by atoms with Crippen molar-refractivity contribution in [1.29, 1.82) is 0 Å². The van der Waals surface area contributed by atoms with Crippen LogP contribution in [0.15, 0.2) is 24.3 Å². The highest BCUT2D eigenvalue weighted by molar-refractivity contribution is 7.71. The van der Waals surface area contributed by atoms with Crippen LogP contribution < -0.4 is 0 Å². The van der Waals surface area contributed by atoms with Crippen LogP contribution in [0.2, 0.25) is 10.0 Å². The molecule has 1 N–H and O–H groups in total. The number of benzene rings is 1. The van der Waals surface area contributed by atoms with E-state index in [9.17, 15) is 4.79 Å². The molecular formula is C15H9Cl2NO2S. The molecule has 0 spiro atoms. The van der Waals surface area contributed by atoms with Crippen LogP contribution in [0, 0.1) is 11.6 Å². The lowest BCUT2D eigenvalue weighted by molar-refractivity contribution is 0.0716. The van der Waals surface area contributed by atoms with E-state index in [0.29, 0.717) is 37.1 Å². The number of hydrogen-bond donors (Lipinski definition) is 1. The summed E-state index contributed by atoms with van der Waals surface area (Å²) in [4.78, 5) is 14.9. The minimum absolute atomic E-state index is 0.376. The van der Waals surface area contributed by atoms with Gasteiger partial charge in [0.2, 0.25) is 0 Å². The molecule has 0 atom stereocenters. The Balaban J connectivity index is 2.17. The summed E-state index contributed by atoms with van der Waals surface area (Å²) >= 11 is 17.2. The van der Waals surface area contributed by atoms with Crippen molar-refractivity contribution >= 4 is 53.2 Å². The van der Waals surface area contributed by atoms with Crippen LogP contribution in [0.3, 0.4) is 0 Å². The monoisotopic (exact) mass is 337 g/mol. The predicted octanol–water partition coefficient (Wildman–Crippen LogP) is 5.03. The molecule has 3 rings (SSSR count). The van der Waals surface area contributed by atoms with E-state index in [-0.39, 0.29) is 0 Å². The zero-order valence-electron chi connectivity index (χ0n) is 10.9. The average molecular weight is 338 g/mol. The van der Waals surface area contributed by atoms with Crippen molar-refractivity contribution in [1.82, 2.24) is 4.98 Å². The van der Waals surface area contributed by atoms with Crippen LogP contribution in [-0.2, 0) is 4.74 Å². The highest BCUT2D eigenvalue weighted by Crippen LogP contribution is 2.33. The summed E-state index contributed by atoms with van der Waals surface area (Å²) in [5.74, 6) is -0.0231. The summed E-state index contributed by atoms with van der Waals surface area (Å²) in [6, 6.07) is 6.95. The third-order valence-corrected chi connectivity index (χ3v) is 3.96. The van der Waals surface area contributed by atoms with Gasteiger partial charge in [0.15, 0.2) is 0 Å². The van der Waals surface area contributed by atoms with Gasteiger partial charge in [0.05, 0.1) is 0 Å². The molecule has 21 heavy (non-hydrogen) atoms. The molecule has 0 radical (unpaired) electrons. The predicted molar refractivity (Wildman–Crippen MR) is 86.1 cm³/mol. The van der Waals surface area contributed by atoms with Crippen LogP contribution >= 0.6 is 35.4 Å². The van der Waals surface area contributed by atoms with E-state index in [4.69, 9.17) is 40.2 Å². The molecule has 0 saturated heterocycles. The van der Waals surface area contributed by atoms with E-state index in [1.807, 2.05) is 13.0 Å². The normalized spacial score (nSPS) is 15.2. The Morgan fingerprint density at radius 3 is 2.76 bits per heavy atom. The number of ether oxygens (including phenoxy) is 1. The average Bonchev–Trinajstić information content (AvgIpc) is 2.69. The van der Waals surface area contributed by atoms with Crippen molar-refractivity contribution in [3.8, 4) is 0 Å². The second-order valence-electron chi connectivity index (χ2n) is 4.63. The first-order valence-corrected chi connectivity index (χ1v) is 7.25. The van der Waals surface area contributed by atoms with Crippen LogP contribution in [-0.4, -0.2) is 11.0 Å². The Morgan fingerprint density at radius 2 is 2.05 bits per heavy atom. The van der Waals surface area contributed by atoms with E-state index in [2.05, 4.69) is 4.98 Å². The number of aryl methyl sites for hydroxylation is 1. The number of H-pyrrole nitrogens is 1. The van der Waals surface area contributed by atoms with Crippen molar-refractivity contribution in [2.24, 2.45) is 0 Å². The molecule has 1 aliphatic heterocycles. The molecule has 0 bridgehead atoms. The lowest BCUT2D eigenvalue weighted by Gasteiger charge is -2.03. The standard InChI is InChI=1S/C15H9Cl2NO2S/c1-7-4-10-12(20-15(19)13(10)14(21)18-7)5-8-2-3-9(16)6-11(8)17/h2-6H,1H3,(H,18,21)/b12-5+. The first-order chi connectivity index (χ1) is 9.95. The van der Waals surface area contributed by atoms with Gasteiger partial charge >= 0.3 is 5.97 Å². The molecule has 1 aliphatic rings. The number of fused-ring (bicyclic) bond motifs is 1. The smallest absolute Gasteiger partial charge is 0.347 e. The molecule has 0 unspecified atom stereocenters. The van der Waals surface area contributed by atoms with E-state index in [1.165, 1.54) is 0 Å². The van der Waals surface area contributed by atoms with E-state index in [1.54, 1.807) is 24.3 Å². The van der Waals surface area contributed by atoms with Gasteiger partial charge < -0.3 is 9.72 Å². The SMILES string of the molecule is Cc1cc2c(c(=S)[nH]1)C(=O)O/C2=C/c1ccc(Cl)cc1Cl. The molecule has 0 saturated carbocycles. The molecule has 1 aromatic carbocycles. The largest absolute Gasteiger partial charge is 0.422 e. The summed E-state index contributed by atoms with van der Waals surface area (Å²) in [6.07, 6.45) is 1.70. The third kappa shape index (κ3) is 2.62. The van der Waals surface area contributed by atoms with E-state index in [0.717, 1.165) is 5.69 Å². The number of pyridine rings is 1. The number of rotatable bonds is 1. The van der Waals surface area contributed by atoms with Gasteiger partial charge in [0.1, 0.15) is 16.0 Å². The maximum Gasteiger partial charge on any atom is 0.347 e. The topological polar surface area (TPSA) is 42.1 Å². The number of carbonyl (C=O) groups is 1. The number of nitrogens with one attached hydrogen (secondary N) is 1. The Bertz CT molecular complexity index is 855. The van der Waals surface area contributed by atoms with Gasteiger partial charge in [-0.15, -0.1) is 0 Å². The first-order valence-electron chi connectivity index (χ1n) is 6.09. The summed E-state index contributed by atoms with van der Waals surface area (Å²) in [7, 11) is 0. The maximum atomic E-state index is 11.9. The number of halogens is 2. The molecule has 2 heterocycles. The molecule has 0 amide bonds. The number of aromatic nitrogens is 1. The van der Waals surface area contributed by atoms with Crippen molar-refractivity contribution < 1.29 is 9.53 Å². The minimum atomic E-state index is -0.456. The fourth-order valence-corrected chi connectivity index (χ4v) is 2.98. The Kier molecular flexibility index (Phi) is 3.61. The molecule has 6 heteroatoms. The van der Waals surface area contributed by atoms with E-state index < -0.39 is 5.97 Å². The van der Waals surface area contributed by atoms with Crippen LogP contribution in [0.25, 0.3) is 11.8 Å². The van der Waals surface area contributed by atoms with Crippen molar-refractivity contribution in [3.05, 3.63) is 61.3 Å². The lowest BCUT2D eigenvalue weighted by atomic mass is 10.1. The van der Waals surface area contributed by atoms with Gasteiger partial charge in [-0.05, 0) is 36.8 Å². The zero-order chi connectivity index (χ0) is 15.1. The molecule has 0 aliphatic carbocycles. The van der Waals surface area contributed by atoms with Crippen LogP contribution in [0.1, 0.15) is 27.2 Å². The summed E-state index contributed by atoms with van der Waals surface area (Å²) in [5.41, 5.74) is 2.62. The number of aromatic amines is 1. The molecule has 0 fully saturated rings. The Morgan fingerprint density at radius 1 is 1.29 bits per heavy atom. The molecule has 1 aromatic heterocycles. The number of hydrogen-bond acceptors (Lipinski definition) is 3. The summed E-state index contributed by atoms with van der Waals surface area (Å²) in [6.45, 7) is 1.87. The fourth-order valence-electron chi connectivity index (χ4n) is 2.16. The van der Waals surface area contributed by atoms with Gasteiger partial charge in [-0.25, -0.2) is 4.79 Å². The Labute approximate surface area is 136 Å². The lowest BCUT2D eigenvalue weighted by Crippen LogP contribution is -1.97. The third-order valence-electron chi connectivity index (χ3n) is 3.09. The summed E-state index contributed by atoms with van der Waals surface area (Å²) < 4.78 is 5.68. The van der Waals surface area contributed by atoms with Gasteiger partial charge in [0.25, 0.3) is 0 Å². The number of cyclic esters (lactones) is 1. The van der Waals surface area contributed by atoms with Gasteiger partial charge in [-0.3, -0.25) is 0 Å². The number of esters is 1. The highest BCUT2D eigenvalue weighted by atomic mass is 35.5. The second kappa shape index (κ2) is 5.30. The quantitative estimate of drug-likeness (QED) is 0.586. The van der Waals surface area contributed by atoms with Crippen LogP contribution in [0.5, 0.6) is 0 Å². The fraction of sp³-hybridized carbons (Fsp3) is 0.0667. The second-order valence-corrected chi connectivity index (χ2v) is 5.89. The van der Waals surface area contributed by atoms with Crippen molar-refractivity contribution in [3.63, 3.8) is 0 Å². The molecule has 3 nitrogen and oxygen atoms in total. The van der Waals surface area contributed by atoms with Gasteiger partial charge in [-0.1, -0.05) is 41.5 Å². The van der Waals surface area contributed by atoms with Gasteiger partial charge in [0, 0.05) is 21.3 Å². The first kappa shape index (κ1) is 14.3. The minimum Gasteiger partial charge on any atom is -0.422 e. The molecule has 2 aromatic rings. The van der Waals surface area contributed by atoms with Gasteiger partial charge in [-0.2, -0.15) is 0 Å².